The van der Waals surface area contributed by atoms with Crippen molar-refractivity contribution in [2.45, 2.75) is 26.2 Å². The summed E-state index contributed by atoms with van der Waals surface area (Å²) in [5.41, 5.74) is 3.26. The molecule has 3 aromatic carbocycles. The van der Waals surface area contributed by atoms with Gasteiger partial charge < -0.3 is 14.2 Å². The van der Waals surface area contributed by atoms with Crippen LogP contribution in [-0.4, -0.2) is 32.4 Å². The number of nitrogens with zero attached hydrogens (tertiary/aromatic N) is 1. The SMILES string of the molecule is CCCCCOc1ccc(/C=N/NC(=O)COc2ccc3ccccc3c2)cc1OC. The van der Waals surface area contributed by atoms with Gasteiger partial charge >= 0.3 is 0 Å². The van der Waals surface area contributed by atoms with E-state index in [9.17, 15) is 4.79 Å². The minimum absolute atomic E-state index is 0.121. The highest BCUT2D eigenvalue weighted by Gasteiger charge is 2.06. The van der Waals surface area contributed by atoms with Crippen LogP contribution in [-0.2, 0) is 4.79 Å². The highest BCUT2D eigenvalue weighted by molar-refractivity contribution is 5.85. The molecule has 0 fully saturated rings. The Hall–Kier alpha value is -3.54. The lowest BCUT2D eigenvalue weighted by molar-refractivity contribution is -0.123. The summed E-state index contributed by atoms with van der Waals surface area (Å²) in [6.45, 7) is 2.69. The number of nitrogens with one attached hydrogen (secondary N) is 1. The van der Waals surface area contributed by atoms with Crippen molar-refractivity contribution in [3.63, 3.8) is 0 Å². The number of hydrogen-bond acceptors (Lipinski definition) is 5. The van der Waals surface area contributed by atoms with E-state index in [0.29, 0.717) is 23.9 Å². The maximum absolute atomic E-state index is 12.0. The normalized spacial score (nSPS) is 10.9. The van der Waals surface area contributed by atoms with Crippen LogP contribution >= 0.6 is 0 Å². The zero-order valence-corrected chi connectivity index (χ0v) is 18.0. The summed E-state index contributed by atoms with van der Waals surface area (Å²) in [7, 11) is 1.60. The molecular weight excluding hydrogens is 392 g/mol. The monoisotopic (exact) mass is 420 g/mol. The van der Waals surface area contributed by atoms with Crippen molar-refractivity contribution in [3.8, 4) is 17.2 Å². The average Bonchev–Trinajstić information content (AvgIpc) is 2.81. The third kappa shape index (κ3) is 6.74. The van der Waals surface area contributed by atoms with Gasteiger partial charge in [-0.05, 0) is 53.1 Å². The molecule has 3 rings (SSSR count). The maximum atomic E-state index is 12.0. The minimum Gasteiger partial charge on any atom is -0.493 e. The molecule has 0 saturated carbocycles. The molecule has 0 saturated heterocycles. The highest BCUT2D eigenvalue weighted by atomic mass is 16.5. The van der Waals surface area contributed by atoms with E-state index >= 15 is 0 Å². The second kappa shape index (κ2) is 11.6. The van der Waals surface area contributed by atoms with Crippen molar-refractivity contribution in [1.29, 1.82) is 0 Å². The molecule has 162 valence electrons. The Labute approximate surface area is 182 Å². The number of hydrogen-bond donors (Lipinski definition) is 1. The van der Waals surface area contributed by atoms with Crippen LogP contribution in [0.15, 0.2) is 65.8 Å². The Morgan fingerprint density at radius 1 is 0.968 bits per heavy atom. The fourth-order valence-corrected chi connectivity index (χ4v) is 3.04. The summed E-state index contributed by atoms with van der Waals surface area (Å²) < 4.78 is 16.7. The largest absolute Gasteiger partial charge is 0.493 e. The molecular formula is C25H28N2O4. The first-order valence-electron chi connectivity index (χ1n) is 10.4. The summed E-state index contributed by atoms with van der Waals surface area (Å²) in [5, 5.41) is 6.18. The van der Waals surface area contributed by atoms with Crippen molar-refractivity contribution >= 4 is 22.9 Å². The number of methoxy groups -OCH3 is 1. The minimum atomic E-state index is -0.341. The zero-order valence-electron chi connectivity index (χ0n) is 18.0. The van der Waals surface area contributed by atoms with Crippen LogP contribution in [0.25, 0.3) is 10.8 Å². The van der Waals surface area contributed by atoms with Gasteiger partial charge in [0.2, 0.25) is 0 Å². The summed E-state index contributed by atoms with van der Waals surface area (Å²) >= 11 is 0. The summed E-state index contributed by atoms with van der Waals surface area (Å²) in [5.74, 6) is 1.62. The van der Waals surface area contributed by atoms with Gasteiger partial charge in [0, 0.05) is 0 Å². The smallest absolute Gasteiger partial charge is 0.277 e. The van der Waals surface area contributed by atoms with Crippen LogP contribution in [0.2, 0.25) is 0 Å². The first-order valence-corrected chi connectivity index (χ1v) is 10.4. The molecule has 0 atom stereocenters. The van der Waals surface area contributed by atoms with Gasteiger partial charge in [-0.1, -0.05) is 50.1 Å². The van der Waals surface area contributed by atoms with Crippen molar-refractivity contribution in [3.05, 3.63) is 66.2 Å². The van der Waals surface area contributed by atoms with Crippen molar-refractivity contribution < 1.29 is 19.0 Å². The van der Waals surface area contributed by atoms with Crippen molar-refractivity contribution in [1.82, 2.24) is 5.43 Å². The summed E-state index contributed by atoms with van der Waals surface area (Å²) in [6.07, 6.45) is 4.85. The second-order valence-corrected chi connectivity index (χ2v) is 7.06. The van der Waals surface area contributed by atoms with Gasteiger partial charge in [0.05, 0.1) is 19.9 Å². The predicted molar refractivity (Wildman–Crippen MR) is 123 cm³/mol. The maximum Gasteiger partial charge on any atom is 0.277 e. The molecule has 3 aromatic rings. The number of carbonyl (C=O) groups is 1. The van der Waals surface area contributed by atoms with Gasteiger partial charge in [-0.25, -0.2) is 5.43 Å². The number of ether oxygens (including phenoxy) is 3. The third-order valence-corrected chi connectivity index (χ3v) is 4.69. The van der Waals surface area contributed by atoms with Crippen LogP contribution < -0.4 is 19.6 Å². The molecule has 0 spiro atoms. The number of carbonyl (C=O) groups excluding carboxylic acids is 1. The van der Waals surface area contributed by atoms with Gasteiger partial charge in [-0.3, -0.25) is 4.79 Å². The van der Waals surface area contributed by atoms with E-state index in [1.54, 1.807) is 13.3 Å². The Morgan fingerprint density at radius 3 is 2.61 bits per heavy atom. The lowest BCUT2D eigenvalue weighted by atomic mass is 10.1. The number of hydrazone groups is 1. The number of amides is 1. The molecule has 6 nitrogen and oxygen atoms in total. The van der Waals surface area contributed by atoms with Crippen LogP contribution in [0.1, 0.15) is 31.7 Å². The zero-order chi connectivity index (χ0) is 21.9. The molecule has 6 heteroatoms. The predicted octanol–water partition coefficient (Wildman–Crippen LogP) is 4.95. The Kier molecular flexibility index (Phi) is 8.29. The average molecular weight is 421 g/mol. The lowest BCUT2D eigenvalue weighted by Gasteiger charge is -2.11. The first-order chi connectivity index (χ1) is 15.2. The highest BCUT2D eigenvalue weighted by Crippen LogP contribution is 2.27. The van der Waals surface area contributed by atoms with E-state index in [4.69, 9.17) is 14.2 Å². The lowest BCUT2D eigenvalue weighted by Crippen LogP contribution is -2.24. The van der Waals surface area contributed by atoms with Gasteiger partial charge in [-0.15, -0.1) is 0 Å². The van der Waals surface area contributed by atoms with Crippen LogP contribution in [0.5, 0.6) is 17.2 Å². The quantitative estimate of drug-likeness (QED) is 0.271. The second-order valence-electron chi connectivity index (χ2n) is 7.06. The van der Waals surface area contributed by atoms with Crippen LogP contribution in [0, 0.1) is 0 Å². The molecule has 0 aliphatic rings. The van der Waals surface area contributed by atoms with Crippen LogP contribution in [0.3, 0.4) is 0 Å². The summed E-state index contributed by atoms with van der Waals surface area (Å²) in [6, 6.07) is 19.2. The van der Waals surface area contributed by atoms with E-state index in [-0.39, 0.29) is 12.5 Å². The van der Waals surface area contributed by atoms with Crippen molar-refractivity contribution in [2.24, 2.45) is 5.10 Å². The molecule has 1 N–H and O–H groups in total. The number of unbranched alkanes of at least 4 members (excludes halogenated alkanes) is 2. The van der Waals surface area contributed by atoms with E-state index in [0.717, 1.165) is 35.6 Å². The molecule has 1 amide bonds. The number of rotatable bonds is 11. The van der Waals surface area contributed by atoms with Crippen molar-refractivity contribution in [2.75, 3.05) is 20.3 Å². The fourth-order valence-electron chi connectivity index (χ4n) is 3.04. The molecule has 0 bridgehead atoms. The molecule has 0 aliphatic carbocycles. The molecule has 0 aromatic heterocycles. The van der Waals surface area contributed by atoms with E-state index in [2.05, 4.69) is 17.5 Å². The van der Waals surface area contributed by atoms with Crippen LogP contribution in [0.4, 0.5) is 0 Å². The molecule has 0 heterocycles. The third-order valence-electron chi connectivity index (χ3n) is 4.69. The topological polar surface area (TPSA) is 69.2 Å². The Bertz CT molecular complexity index is 1030. The number of benzene rings is 3. The standard InChI is InChI=1S/C25H28N2O4/c1-3-4-7-14-30-23-13-10-19(15-24(23)29-2)17-26-27-25(28)18-31-22-12-11-20-8-5-6-9-21(20)16-22/h5-6,8-13,15-17H,3-4,7,14,18H2,1-2H3,(H,27,28)/b26-17+. The van der Waals surface area contributed by atoms with Gasteiger partial charge in [0.1, 0.15) is 5.75 Å². The molecule has 0 radical (unpaired) electrons. The van der Waals surface area contributed by atoms with Gasteiger partial charge in [0.25, 0.3) is 5.91 Å². The van der Waals surface area contributed by atoms with E-state index in [1.165, 1.54) is 0 Å². The molecule has 0 unspecified atom stereocenters. The summed E-state index contributed by atoms with van der Waals surface area (Å²) in [4.78, 5) is 12.0. The van der Waals surface area contributed by atoms with Gasteiger partial charge in [0.15, 0.2) is 18.1 Å². The Morgan fingerprint density at radius 2 is 1.81 bits per heavy atom. The first kappa shape index (κ1) is 22.2. The molecule has 0 aliphatic heterocycles. The van der Waals surface area contributed by atoms with E-state index < -0.39 is 0 Å². The molecule has 31 heavy (non-hydrogen) atoms. The fraction of sp³-hybridized carbons (Fsp3) is 0.280. The van der Waals surface area contributed by atoms with Gasteiger partial charge in [-0.2, -0.15) is 5.10 Å². The van der Waals surface area contributed by atoms with E-state index in [1.807, 2.05) is 60.7 Å². The number of fused-ring (bicyclic) bond motifs is 1. The Balaban J connectivity index is 1.49.